The van der Waals surface area contributed by atoms with E-state index < -0.39 is 17.8 Å². The molecule has 0 heterocycles. The summed E-state index contributed by atoms with van der Waals surface area (Å²) < 4.78 is 13.1. The Hall–Kier alpha value is -0.840. The summed E-state index contributed by atoms with van der Waals surface area (Å²) in [4.78, 5) is 10.6. The predicted octanol–water partition coefficient (Wildman–Crippen LogP) is 2.01. The molecule has 82 valence electrons. The van der Waals surface area contributed by atoms with Crippen molar-refractivity contribution in [1.29, 1.82) is 0 Å². The molecule has 1 aromatic carbocycles. The van der Waals surface area contributed by atoms with Crippen LogP contribution in [0.3, 0.4) is 0 Å². The molecule has 0 saturated heterocycles. The molecule has 3 nitrogen and oxygen atoms in total. The van der Waals surface area contributed by atoms with Crippen molar-refractivity contribution < 1.29 is 9.18 Å². The molecule has 1 atom stereocenters. The molecular formula is C9H9Cl2FN2O. The van der Waals surface area contributed by atoms with Crippen molar-refractivity contribution in [2.45, 2.75) is 12.5 Å². The fourth-order valence-corrected chi connectivity index (χ4v) is 1.67. The van der Waals surface area contributed by atoms with E-state index in [0.29, 0.717) is 5.56 Å². The molecule has 1 amide bonds. The molecule has 0 fully saturated rings. The van der Waals surface area contributed by atoms with Crippen molar-refractivity contribution in [1.82, 2.24) is 0 Å². The minimum atomic E-state index is -0.721. The van der Waals surface area contributed by atoms with Crippen LogP contribution in [0.15, 0.2) is 12.1 Å². The molecule has 0 spiro atoms. The summed E-state index contributed by atoms with van der Waals surface area (Å²) in [6, 6.07) is 1.63. The molecule has 1 rings (SSSR count). The molecule has 4 N–H and O–H groups in total. The third-order valence-corrected chi connectivity index (χ3v) is 2.48. The molecule has 0 radical (unpaired) electrons. The number of hydrogen-bond donors (Lipinski definition) is 2. The van der Waals surface area contributed by atoms with Crippen molar-refractivity contribution in [2.75, 3.05) is 0 Å². The van der Waals surface area contributed by atoms with Crippen LogP contribution in [0.4, 0.5) is 4.39 Å². The van der Waals surface area contributed by atoms with Crippen LogP contribution in [0.2, 0.25) is 10.0 Å². The quantitative estimate of drug-likeness (QED) is 0.806. The van der Waals surface area contributed by atoms with Crippen molar-refractivity contribution >= 4 is 29.1 Å². The lowest BCUT2D eigenvalue weighted by atomic mass is 10.0. The zero-order valence-corrected chi connectivity index (χ0v) is 9.15. The fourth-order valence-electron chi connectivity index (χ4n) is 1.15. The highest BCUT2D eigenvalue weighted by molar-refractivity contribution is 6.35. The maximum atomic E-state index is 13.1. The molecule has 0 bridgehead atoms. The SMILES string of the molecule is NC(=O)CC(N)c1cc(F)c(Cl)cc1Cl. The zero-order chi connectivity index (χ0) is 11.6. The van der Waals surface area contributed by atoms with Gasteiger partial charge in [-0.15, -0.1) is 0 Å². The number of primary amides is 1. The Morgan fingerprint density at radius 2 is 2.00 bits per heavy atom. The van der Waals surface area contributed by atoms with E-state index in [4.69, 9.17) is 34.7 Å². The van der Waals surface area contributed by atoms with Crippen LogP contribution in [0.1, 0.15) is 18.0 Å². The van der Waals surface area contributed by atoms with Crippen LogP contribution in [0, 0.1) is 5.82 Å². The lowest BCUT2D eigenvalue weighted by Crippen LogP contribution is -2.21. The third-order valence-electron chi connectivity index (χ3n) is 1.86. The van der Waals surface area contributed by atoms with E-state index in [1.165, 1.54) is 6.07 Å². The van der Waals surface area contributed by atoms with Gasteiger partial charge in [-0.1, -0.05) is 23.2 Å². The lowest BCUT2D eigenvalue weighted by Gasteiger charge is -2.12. The van der Waals surface area contributed by atoms with E-state index >= 15 is 0 Å². The monoisotopic (exact) mass is 250 g/mol. The minimum Gasteiger partial charge on any atom is -0.370 e. The van der Waals surface area contributed by atoms with Gasteiger partial charge in [0.2, 0.25) is 5.91 Å². The van der Waals surface area contributed by atoms with Gasteiger partial charge < -0.3 is 11.5 Å². The van der Waals surface area contributed by atoms with Gasteiger partial charge in [0.05, 0.1) is 5.02 Å². The van der Waals surface area contributed by atoms with Gasteiger partial charge in [0.15, 0.2) is 0 Å². The largest absolute Gasteiger partial charge is 0.370 e. The van der Waals surface area contributed by atoms with Gasteiger partial charge in [-0.3, -0.25) is 4.79 Å². The van der Waals surface area contributed by atoms with Gasteiger partial charge >= 0.3 is 0 Å². The second-order valence-corrected chi connectivity index (χ2v) is 3.88. The summed E-state index contributed by atoms with van der Waals surface area (Å²) in [6.45, 7) is 0. The summed E-state index contributed by atoms with van der Waals surface area (Å²) in [5.41, 5.74) is 10.9. The molecule has 0 saturated carbocycles. The van der Waals surface area contributed by atoms with E-state index in [2.05, 4.69) is 0 Å². The normalized spacial score (nSPS) is 12.5. The van der Waals surface area contributed by atoms with E-state index in [1.807, 2.05) is 0 Å². The Bertz CT molecular complexity index is 398. The first-order chi connectivity index (χ1) is 6.91. The molecule has 1 aromatic rings. The lowest BCUT2D eigenvalue weighted by molar-refractivity contribution is -0.118. The number of nitrogens with two attached hydrogens (primary N) is 2. The van der Waals surface area contributed by atoms with Crippen molar-refractivity contribution in [3.05, 3.63) is 33.6 Å². The molecule has 6 heteroatoms. The zero-order valence-electron chi connectivity index (χ0n) is 7.64. The van der Waals surface area contributed by atoms with Crippen LogP contribution in [-0.2, 0) is 4.79 Å². The van der Waals surface area contributed by atoms with Crippen LogP contribution >= 0.6 is 23.2 Å². The van der Waals surface area contributed by atoms with E-state index in [-0.39, 0.29) is 16.5 Å². The van der Waals surface area contributed by atoms with Gasteiger partial charge in [0.1, 0.15) is 5.82 Å². The first-order valence-electron chi connectivity index (χ1n) is 4.10. The predicted molar refractivity (Wildman–Crippen MR) is 57.2 cm³/mol. The number of hydrogen-bond acceptors (Lipinski definition) is 2. The maximum absolute atomic E-state index is 13.1. The molecular weight excluding hydrogens is 242 g/mol. The highest BCUT2D eigenvalue weighted by Gasteiger charge is 2.15. The van der Waals surface area contributed by atoms with Gasteiger partial charge in [-0.25, -0.2) is 4.39 Å². The Morgan fingerprint density at radius 1 is 1.40 bits per heavy atom. The molecule has 0 aromatic heterocycles. The van der Waals surface area contributed by atoms with Crippen LogP contribution in [-0.4, -0.2) is 5.91 Å². The molecule has 0 aliphatic rings. The number of rotatable bonds is 3. The number of carbonyl (C=O) groups excluding carboxylic acids is 1. The number of amides is 1. The second kappa shape index (κ2) is 4.79. The topological polar surface area (TPSA) is 69.1 Å². The third kappa shape index (κ3) is 3.06. The average molecular weight is 251 g/mol. The first-order valence-corrected chi connectivity index (χ1v) is 4.85. The first kappa shape index (κ1) is 12.2. The summed E-state index contributed by atoms with van der Waals surface area (Å²) in [5, 5.41) is 0.130. The van der Waals surface area contributed by atoms with Gasteiger partial charge in [0, 0.05) is 17.5 Å². The number of halogens is 3. The Morgan fingerprint density at radius 3 is 2.53 bits per heavy atom. The van der Waals surface area contributed by atoms with Crippen molar-refractivity contribution in [3.8, 4) is 0 Å². The van der Waals surface area contributed by atoms with Crippen LogP contribution < -0.4 is 11.5 Å². The smallest absolute Gasteiger partial charge is 0.219 e. The number of carbonyl (C=O) groups is 1. The van der Waals surface area contributed by atoms with Gasteiger partial charge in [-0.05, 0) is 17.7 Å². The number of benzene rings is 1. The summed E-state index contributed by atoms with van der Waals surface area (Å²) >= 11 is 11.3. The highest BCUT2D eigenvalue weighted by atomic mass is 35.5. The van der Waals surface area contributed by atoms with Gasteiger partial charge in [-0.2, -0.15) is 0 Å². The molecule has 0 aliphatic carbocycles. The Labute approximate surface area is 96.1 Å². The molecule has 1 unspecified atom stereocenters. The van der Waals surface area contributed by atoms with Crippen LogP contribution in [0.25, 0.3) is 0 Å². The summed E-state index contributed by atoms with van der Waals surface area (Å²) in [5.74, 6) is -1.20. The van der Waals surface area contributed by atoms with E-state index in [1.54, 1.807) is 0 Å². The Kier molecular flexibility index (Phi) is 3.90. The maximum Gasteiger partial charge on any atom is 0.219 e. The van der Waals surface area contributed by atoms with E-state index in [0.717, 1.165) is 6.07 Å². The molecule has 0 aliphatic heterocycles. The summed E-state index contributed by atoms with van der Waals surface area (Å²) in [7, 11) is 0. The Balaban J connectivity index is 3.03. The van der Waals surface area contributed by atoms with Crippen molar-refractivity contribution in [2.24, 2.45) is 11.5 Å². The average Bonchev–Trinajstić information content (AvgIpc) is 2.09. The minimum absolute atomic E-state index is 0.0879. The second-order valence-electron chi connectivity index (χ2n) is 3.06. The van der Waals surface area contributed by atoms with Crippen molar-refractivity contribution in [3.63, 3.8) is 0 Å². The summed E-state index contributed by atoms with van der Waals surface area (Å²) in [6.07, 6.45) is -0.0964. The molecule has 15 heavy (non-hydrogen) atoms. The standard InChI is InChI=1S/C9H9Cl2FN2O/c10-5-2-6(11)7(12)1-4(5)8(13)3-9(14)15/h1-2,8H,3,13H2,(H2,14,15). The fraction of sp³-hybridized carbons (Fsp3) is 0.222. The van der Waals surface area contributed by atoms with E-state index in [9.17, 15) is 9.18 Å². The highest BCUT2D eigenvalue weighted by Crippen LogP contribution is 2.28. The van der Waals surface area contributed by atoms with Crippen LogP contribution in [0.5, 0.6) is 0 Å². The van der Waals surface area contributed by atoms with Gasteiger partial charge in [0.25, 0.3) is 0 Å².